The Morgan fingerprint density at radius 1 is 1.44 bits per heavy atom. The normalized spacial score (nSPS) is 12.0. The van der Waals surface area contributed by atoms with Crippen LogP contribution in [0.25, 0.3) is 0 Å². The van der Waals surface area contributed by atoms with Crippen LogP contribution in [-0.4, -0.2) is 35.0 Å². The van der Waals surface area contributed by atoms with Crippen LogP contribution < -0.4 is 5.32 Å². The monoisotopic (exact) mass is 254 g/mol. The largest absolute Gasteiger partial charge is 0.385 e. The van der Waals surface area contributed by atoms with Crippen LogP contribution in [0.5, 0.6) is 0 Å². The van der Waals surface area contributed by atoms with Crippen molar-refractivity contribution in [3.8, 4) is 0 Å². The molecular formula is C13H26N4O. The molecule has 1 rings (SSSR count). The first-order valence-corrected chi connectivity index (χ1v) is 6.65. The van der Waals surface area contributed by atoms with Gasteiger partial charge in [-0.15, -0.1) is 0 Å². The summed E-state index contributed by atoms with van der Waals surface area (Å²) in [5, 5.41) is 7.67. The fourth-order valence-corrected chi connectivity index (χ4v) is 1.80. The van der Waals surface area contributed by atoms with E-state index in [4.69, 9.17) is 4.74 Å². The minimum Gasteiger partial charge on any atom is -0.385 e. The van der Waals surface area contributed by atoms with Crippen LogP contribution in [0.4, 0.5) is 0 Å². The van der Waals surface area contributed by atoms with Crippen LogP contribution in [-0.2, 0) is 17.8 Å². The quantitative estimate of drug-likeness (QED) is 0.730. The van der Waals surface area contributed by atoms with E-state index in [1.807, 2.05) is 4.68 Å². The molecule has 0 amide bonds. The van der Waals surface area contributed by atoms with Gasteiger partial charge < -0.3 is 10.1 Å². The summed E-state index contributed by atoms with van der Waals surface area (Å²) in [5.74, 6) is 1.01. The van der Waals surface area contributed by atoms with Crippen LogP contribution in [0.15, 0.2) is 6.33 Å². The lowest BCUT2D eigenvalue weighted by Gasteiger charge is -2.24. The first kappa shape index (κ1) is 15.1. The molecular weight excluding hydrogens is 228 g/mol. The summed E-state index contributed by atoms with van der Waals surface area (Å²) >= 11 is 0. The van der Waals surface area contributed by atoms with E-state index in [1.54, 1.807) is 13.4 Å². The van der Waals surface area contributed by atoms with Gasteiger partial charge in [0.25, 0.3) is 0 Å². The minimum absolute atomic E-state index is 0.242. The molecule has 1 aromatic heterocycles. The fourth-order valence-electron chi connectivity index (χ4n) is 1.80. The average Bonchev–Trinajstić information content (AvgIpc) is 2.75. The van der Waals surface area contributed by atoms with Crippen molar-refractivity contribution in [2.75, 3.05) is 20.3 Å². The van der Waals surface area contributed by atoms with Crippen molar-refractivity contribution in [1.82, 2.24) is 20.1 Å². The molecule has 0 bridgehead atoms. The van der Waals surface area contributed by atoms with Crippen LogP contribution in [0.1, 0.15) is 39.4 Å². The van der Waals surface area contributed by atoms with Gasteiger partial charge >= 0.3 is 0 Å². The maximum atomic E-state index is 5.13. The predicted octanol–water partition coefficient (Wildman–Crippen LogP) is 1.84. The molecule has 0 radical (unpaired) electrons. The third kappa shape index (κ3) is 5.14. The van der Waals surface area contributed by atoms with E-state index in [0.29, 0.717) is 0 Å². The van der Waals surface area contributed by atoms with Gasteiger partial charge in [-0.1, -0.05) is 20.8 Å². The molecule has 0 saturated carbocycles. The van der Waals surface area contributed by atoms with Crippen molar-refractivity contribution in [2.45, 2.75) is 46.7 Å². The van der Waals surface area contributed by atoms with Gasteiger partial charge in [0.2, 0.25) is 0 Å². The molecule has 0 aliphatic heterocycles. The van der Waals surface area contributed by atoms with E-state index in [9.17, 15) is 0 Å². The van der Waals surface area contributed by atoms with Crippen LogP contribution in [0, 0.1) is 5.41 Å². The van der Waals surface area contributed by atoms with Crippen molar-refractivity contribution in [2.24, 2.45) is 5.41 Å². The van der Waals surface area contributed by atoms with E-state index in [-0.39, 0.29) is 5.41 Å². The first-order valence-electron chi connectivity index (χ1n) is 6.65. The summed E-state index contributed by atoms with van der Waals surface area (Å²) in [6.45, 7) is 10.1. The van der Waals surface area contributed by atoms with E-state index in [1.165, 1.54) is 0 Å². The zero-order valence-electron chi connectivity index (χ0n) is 12.1. The van der Waals surface area contributed by atoms with Crippen molar-refractivity contribution in [3.05, 3.63) is 12.2 Å². The number of hydrogen-bond acceptors (Lipinski definition) is 4. The fraction of sp³-hybridized carbons (Fsp3) is 0.846. The minimum atomic E-state index is 0.242. The second-order valence-corrected chi connectivity index (χ2v) is 5.41. The van der Waals surface area contributed by atoms with Gasteiger partial charge in [0, 0.05) is 26.8 Å². The number of nitrogens with one attached hydrogen (secondary N) is 1. The van der Waals surface area contributed by atoms with E-state index < -0.39 is 0 Å². The molecule has 0 spiro atoms. The van der Waals surface area contributed by atoms with Crippen LogP contribution in [0.3, 0.4) is 0 Å². The Morgan fingerprint density at radius 3 is 2.89 bits per heavy atom. The Hall–Kier alpha value is -0.940. The number of nitrogens with zero attached hydrogens (tertiary/aromatic N) is 3. The highest BCUT2D eigenvalue weighted by Gasteiger charge is 2.17. The maximum absolute atomic E-state index is 5.13. The van der Waals surface area contributed by atoms with Gasteiger partial charge in [-0.3, -0.25) is 0 Å². The number of ether oxygens (including phenoxy) is 1. The van der Waals surface area contributed by atoms with Crippen molar-refractivity contribution in [1.29, 1.82) is 0 Å². The Balaban J connectivity index is 2.34. The van der Waals surface area contributed by atoms with Gasteiger partial charge in [0.15, 0.2) is 0 Å². The van der Waals surface area contributed by atoms with Crippen LogP contribution >= 0.6 is 0 Å². The highest BCUT2D eigenvalue weighted by atomic mass is 16.5. The number of aryl methyl sites for hydroxylation is 1. The number of rotatable bonds is 9. The molecule has 104 valence electrons. The smallest absolute Gasteiger partial charge is 0.140 e. The Kier molecular flexibility index (Phi) is 6.29. The second-order valence-electron chi connectivity index (χ2n) is 5.41. The predicted molar refractivity (Wildman–Crippen MR) is 72.3 cm³/mol. The molecule has 5 heteroatoms. The Bertz CT molecular complexity index is 335. The molecule has 0 unspecified atom stereocenters. The molecule has 0 aliphatic carbocycles. The van der Waals surface area contributed by atoms with E-state index >= 15 is 0 Å². The summed E-state index contributed by atoms with van der Waals surface area (Å²) in [4.78, 5) is 4.28. The summed E-state index contributed by atoms with van der Waals surface area (Å²) in [6, 6.07) is 0. The zero-order valence-corrected chi connectivity index (χ0v) is 12.1. The van der Waals surface area contributed by atoms with Crippen LogP contribution in [0.2, 0.25) is 0 Å². The molecule has 1 aromatic rings. The molecule has 0 aromatic carbocycles. The summed E-state index contributed by atoms with van der Waals surface area (Å²) in [6.07, 6.45) is 3.76. The summed E-state index contributed by atoms with van der Waals surface area (Å²) in [7, 11) is 1.75. The van der Waals surface area contributed by atoms with Crippen molar-refractivity contribution < 1.29 is 4.74 Å². The lowest BCUT2D eigenvalue weighted by atomic mass is 9.90. The SMILES string of the molecule is CCCn1ncnc1CNCC(C)(C)CCOC. The third-order valence-corrected chi connectivity index (χ3v) is 3.00. The molecule has 0 saturated heterocycles. The highest BCUT2D eigenvalue weighted by Crippen LogP contribution is 2.18. The molecule has 5 nitrogen and oxygen atoms in total. The van der Waals surface area contributed by atoms with E-state index in [0.717, 1.165) is 44.9 Å². The zero-order chi connectivity index (χ0) is 13.4. The summed E-state index contributed by atoms with van der Waals surface area (Å²) in [5.41, 5.74) is 0.242. The topological polar surface area (TPSA) is 52.0 Å². The number of hydrogen-bond donors (Lipinski definition) is 1. The number of methoxy groups -OCH3 is 1. The average molecular weight is 254 g/mol. The van der Waals surface area contributed by atoms with Crippen molar-refractivity contribution >= 4 is 0 Å². The van der Waals surface area contributed by atoms with Crippen molar-refractivity contribution in [3.63, 3.8) is 0 Å². The Labute approximate surface area is 110 Å². The van der Waals surface area contributed by atoms with Gasteiger partial charge in [-0.05, 0) is 18.3 Å². The lowest BCUT2D eigenvalue weighted by Crippen LogP contribution is -2.31. The first-order chi connectivity index (χ1) is 8.59. The van der Waals surface area contributed by atoms with Gasteiger partial charge in [0.05, 0.1) is 6.54 Å². The number of aromatic nitrogens is 3. The molecule has 0 aliphatic rings. The highest BCUT2D eigenvalue weighted by molar-refractivity contribution is 4.84. The standard InChI is InChI=1S/C13H26N4O/c1-5-7-17-12(15-11-16-17)9-14-10-13(2,3)6-8-18-4/h11,14H,5-10H2,1-4H3. The lowest BCUT2D eigenvalue weighted by molar-refractivity contribution is 0.150. The van der Waals surface area contributed by atoms with Gasteiger partial charge in [-0.25, -0.2) is 9.67 Å². The Morgan fingerprint density at radius 2 is 2.22 bits per heavy atom. The molecule has 1 N–H and O–H groups in total. The molecule has 0 atom stereocenters. The second kappa shape index (κ2) is 7.48. The molecule has 0 fully saturated rings. The molecule has 18 heavy (non-hydrogen) atoms. The van der Waals surface area contributed by atoms with Gasteiger partial charge in [0.1, 0.15) is 12.2 Å². The third-order valence-electron chi connectivity index (χ3n) is 3.00. The van der Waals surface area contributed by atoms with E-state index in [2.05, 4.69) is 36.2 Å². The molecule has 1 heterocycles. The summed E-state index contributed by atoms with van der Waals surface area (Å²) < 4.78 is 7.09. The maximum Gasteiger partial charge on any atom is 0.140 e. The van der Waals surface area contributed by atoms with Gasteiger partial charge in [-0.2, -0.15) is 5.10 Å².